The van der Waals surface area contributed by atoms with Crippen LogP contribution in [-0.4, -0.2) is 31.6 Å². The minimum Gasteiger partial charge on any atom is -0.482 e. The van der Waals surface area contributed by atoms with Crippen LogP contribution in [0.1, 0.15) is 13.3 Å². The van der Waals surface area contributed by atoms with Gasteiger partial charge >= 0.3 is 5.97 Å². The number of nitrogens with two attached hydrogens (primary N) is 1. The number of anilines is 1. The summed E-state index contributed by atoms with van der Waals surface area (Å²) in [7, 11) is 1.29. The van der Waals surface area contributed by atoms with Crippen LogP contribution in [0.3, 0.4) is 0 Å². The number of amides is 1. The highest BCUT2D eigenvalue weighted by Gasteiger charge is 2.06. The van der Waals surface area contributed by atoms with Crippen molar-refractivity contribution < 1.29 is 19.1 Å². The summed E-state index contributed by atoms with van der Waals surface area (Å²) in [6.45, 7) is 1.62. The molecule has 104 valence electrons. The van der Waals surface area contributed by atoms with Crippen molar-refractivity contribution in [3.63, 3.8) is 0 Å². The first-order chi connectivity index (χ1) is 9.01. The molecular formula is C13H18N2O4. The fourth-order valence-electron chi connectivity index (χ4n) is 1.34. The minimum atomic E-state index is -0.450. The van der Waals surface area contributed by atoms with E-state index in [0.717, 1.165) is 0 Å². The normalized spacial score (nSPS) is 11.5. The lowest BCUT2D eigenvalue weighted by Gasteiger charge is -2.08. The lowest BCUT2D eigenvalue weighted by molar-refractivity contribution is -0.142. The molecule has 0 aliphatic carbocycles. The maximum atomic E-state index is 11.5. The Bertz CT molecular complexity index is 429. The Morgan fingerprint density at radius 2 is 1.95 bits per heavy atom. The molecule has 1 aromatic carbocycles. The van der Waals surface area contributed by atoms with Gasteiger partial charge in [-0.25, -0.2) is 4.79 Å². The van der Waals surface area contributed by atoms with Crippen LogP contribution >= 0.6 is 0 Å². The van der Waals surface area contributed by atoms with E-state index >= 15 is 0 Å². The van der Waals surface area contributed by atoms with Gasteiger partial charge in [0, 0.05) is 18.2 Å². The van der Waals surface area contributed by atoms with Gasteiger partial charge < -0.3 is 20.5 Å². The zero-order valence-corrected chi connectivity index (χ0v) is 11.0. The van der Waals surface area contributed by atoms with E-state index in [1.807, 2.05) is 0 Å². The molecule has 1 amide bonds. The molecule has 0 aromatic heterocycles. The monoisotopic (exact) mass is 266 g/mol. The SMILES string of the molecule is COC(=O)COc1ccc(NC(=O)CC(C)N)cc1. The number of ether oxygens (including phenoxy) is 2. The molecule has 0 aliphatic rings. The topological polar surface area (TPSA) is 90.6 Å². The molecule has 19 heavy (non-hydrogen) atoms. The van der Waals surface area contributed by atoms with Crippen molar-refractivity contribution >= 4 is 17.6 Å². The predicted octanol–water partition coefficient (Wildman–Crippen LogP) is 0.914. The van der Waals surface area contributed by atoms with Gasteiger partial charge in [0.25, 0.3) is 0 Å². The fourth-order valence-corrected chi connectivity index (χ4v) is 1.34. The Hall–Kier alpha value is -2.08. The number of carbonyl (C=O) groups is 2. The van der Waals surface area contributed by atoms with E-state index in [1.54, 1.807) is 31.2 Å². The summed E-state index contributed by atoms with van der Waals surface area (Å²) < 4.78 is 9.63. The van der Waals surface area contributed by atoms with Crippen molar-refractivity contribution in [3.05, 3.63) is 24.3 Å². The van der Waals surface area contributed by atoms with E-state index in [-0.39, 0.29) is 25.0 Å². The smallest absolute Gasteiger partial charge is 0.343 e. The van der Waals surface area contributed by atoms with Gasteiger partial charge in [0.15, 0.2) is 6.61 Å². The first-order valence-corrected chi connectivity index (χ1v) is 5.86. The second-order valence-corrected chi connectivity index (χ2v) is 4.12. The standard InChI is InChI=1S/C13H18N2O4/c1-9(14)7-12(16)15-10-3-5-11(6-4-10)19-8-13(17)18-2/h3-6,9H,7-8,14H2,1-2H3,(H,15,16). The Kier molecular flexibility index (Phi) is 5.81. The third-order valence-corrected chi connectivity index (χ3v) is 2.23. The van der Waals surface area contributed by atoms with E-state index in [2.05, 4.69) is 10.1 Å². The van der Waals surface area contributed by atoms with Crippen LogP contribution in [-0.2, 0) is 14.3 Å². The molecule has 0 aliphatic heterocycles. The molecule has 1 atom stereocenters. The largest absolute Gasteiger partial charge is 0.482 e. The summed E-state index contributed by atoms with van der Waals surface area (Å²) in [4.78, 5) is 22.4. The van der Waals surface area contributed by atoms with Crippen LogP contribution in [0.4, 0.5) is 5.69 Å². The Balaban J connectivity index is 2.47. The summed E-state index contributed by atoms with van der Waals surface area (Å²) in [5.74, 6) is -0.0665. The summed E-state index contributed by atoms with van der Waals surface area (Å²) in [6.07, 6.45) is 0.264. The number of methoxy groups -OCH3 is 1. The van der Waals surface area contributed by atoms with Gasteiger partial charge in [-0.1, -0.05) is 0 Å². The van der Waals surface area contributed by atoms with Crippen molar-refractivity contribution in [1.29, 1.82) is 0 Å². The number of hydrogen-bond acceptors (Lipinski definition) is 5. The third kappa shape index (κ3) is 5.87. The molecule has 0 bridgehead atoms. The number of hydrogen-bond donors (Lipinski definition) is 2. The van der Waals surface area contributed by atoms with Crippen LogP contribution in [0.25, 0.3) is 0 Å². The molecule has 1 rings (SSSR count). The van der Waals surface area contributed by atoms with E-state index in [0.29, 0.717) is 11.4 Å². The van der Waals surface area contributed by atoms with Gasteiger partial charge in [-0.2, -0.15) is 0 Å². The summed E-state index contributed by atoms with van der Waals surface area (Å²) in [5.41, 5.74) is 6.18. The molecule has 0 fully saturated rings. The number of esters is 1. The molecular weight excluding hydrogens is 248 g/mol. The van der Waals surface area contributed by atoms with Gasteiger partial charge in [-0.15, -0.1) is 0 Å². The van der Waals surface area contributed by atoms with Gasteiger partial charge in [0.2, 0.25) is 5.91 Å². The Morgan fingerprint density at radius 3 is 2.47 bits per heavy atom. The Labute approximate surface area is 111 Å². The van der Waals surface area contributed by atoms with Crippen LogP contribution < -0.4 is 15.8 Å². The summed E-state index contributed by atoms with van der Waals surface area (Å²) in [5, 5.41) is 2.71. The second-order valence-electron chi connectivity index (χ2n) is 4.12. The molecule has 0 spiro atoms. The molecule has 0 radical (unpaired) electrons. The van der Waals surface area contributed by atoms with Crippen molar-refractivity contribution in [2.75, 3.05) is 19.0 Å². The molecule has 0 saturated heterocycles. The van der Waals surface area contributed by atoms with Crippen molar-refractivity contribution in [3.8, 4) is 5.75 Å². The van der Waals surface area contributed by atoms with E-state index in [1.165, 1.54) is 7.11 Å². The number of nitrogens with one attached hydrogen (secondary N) is 1. The fraction of sp³-hybridized carbons (Fsp3) is 0.385. The van der Waals surface area contributed by atoms with E-state index < -0.39 is 5.97 Å². The van der Waals surface area contributed by atoms with Crippen molar-refractivity contribution in [2.45, 2.75) is 19.4 Å². The van der Waals surface area contributed by atoms with Crippen molar-refractivity contribution in [1.82, 2.24) is 0 Å². The van der Waals surface area contributed by atoms with Crippen LogP contribution in [0.2, 0.25) is 0 Å². The van der Waals surface area contributed by atoms with Crippen molar-refractivity contribution in [2.24, 2.45) is 5.73 Å². The quantitative estimate of drug-likeness (QED) is 0.747. The maximum absolute atomic E-state index is 11.5. The van der Waals surface area contributed by atoms with Gasteiger partial charge in [-0.05, 0) is 31.2 Å². The summed E-state index contributed by atoms with van der Waals surface area (Å²) >= 11 is 0. The maximum Gasteiger partial charge on any atom is 0.343 e. The molecule has 0 saturated carbocycles. The highest BCUT2D eigenvalue weighted by atomic mass is 16.6. The summed E-state index contributed by atoms with van der Waals surface area (Å²) in [6, 6.07) is 6.51. The van der Waals surface area contributed by atoms with Gasteiger partial charge in [0.05, 0.1) is 7.11 Å². The molecule has 6 heteroatoms. The molecule has 6 nitrogen and oxygen atoms in total. The molecule has 3 N–H and O–H groups in total. The number of carbonyl (C=O) groups excluding carboxylic acids is 2. The molecule has 0 heterocycles. The highest BCUT2D eigenvalue weighted by molar-refractivity contribution is 5.91. The van der Waals surface area contributed by atoms with Gasteiger partial charge in [0.1, 0.15) is 5.75 Å². The first-order valence-electron chi connectivity index (χ1n) is 5.86. The number of benzene rings is 1. The second kappa shape index (κ2) is 7.38. The van der Waals surface area contributed by atoms with E-state index in [9.17, 15) is 9.59 Å². The average Bonchev–Trinajstić information content (AvgIpc) is 2.36. The lowest BCUT2D eigenvalue weighted by Crippen LogP contribution is -2.23. The van der Waals surface area contributed by atoms with Crippen LogP contribution in [0.15, 0.2) is 24.3 Å². The highest BCUT2D eigenvalue weighted by Crippen LogP contribution is 2.15. The number of rotatable bonds is 6. The van der Waals surface area contributed by atoms with Gasteiger partial charge in [-0.3, -0.25) is 4.79 Å². The molecule has 1 unspecified atom stereocenters. The first kappa shape index (κ1) is 15.0. The zero-order chi connectivity index (χ0) is 14.3. The van der Waals surface area contributed by atoms with Crippen LogP contribution in [0.5, 0.6) is 5.75 Å². The lowest BCUT2D eigenvalue weighted by atomic mass is 10.2. The van der Waals surface area contributed by atoms with Crippen LogP contribution in [0, 0.1) is 0 Å². The third-order valence-electron chi connectivity index (χ3n) is 2.23. The predicted molar refractivity (Wildman–Crippen MR) is 70.8 cm³/mol. The van der Waals surface area contributed by atoms with E-state index in [4.69, 9.17) is 10.5 Å². The Morgan fingerprint density at radius 1 is 1.32 bits per heavy atom. The molecule has 1 aromatic rings. The zero-order valence-electron chi connectivity index (χ0n) is 11.0. The minimum absolute atomic E-state index is 0.141. The average molecular weight is 266 g/mol.